The van der Waals surface area contributed by atoms with Gasteiger partial charge in [-0.25, -0.2) is 0 Å². The second-order valence-corrected chi connectivity index (χ2v) is 5.93. The van der Waals surface area contributed by atoms with Crippen LogP contribution in [0.15, 0.2) is 42.6 Å². The number of rotatable bonds is 10. The van der Waals surface area contributed by atoms with Crippen molar-refractivity contribution in [3.05, 3.63) is 53.9 Å². The quantitative estimate of drug-likeness (QED) is 0.475. The number of hydrogen-bond donors (Lipinski definition) is 4. The van der Waals surface area contributed by atoms with Crippen LogP contribution in [0.3, 0.4) is 0 Å². The van der Waals surface area contributed by atoms with Crippen molar-refractivity contribution in [1.82, 2.24) is 10.3 Å². The SMILES string of the molecule is CCC(NCC(O)COc1cc(C(O)O)cnc1C)Oc1ccccc1. The first-order chi connectivity index (χ1) is 12.5. The van der Waals surface area contributed by atoms with Crippen LogP contribution in [-0.2, 0) is 0 Å². The summed E-state index contributed by atoms with van der Waals surface area (Å²) in [7, 11) is 0. The number of nitrogens with one attached hydrogen (secondary N) is 1. The maximum absolute atomic E-state index is 10.1. The number of aromatic nitrogens is 1. The first-order valence-corrected chi connectivity index (χ1v) is 8.58. The van der Waals surface area contributed by atoms with Crippen molar-refractivity contribution in [3.8, 4) is 11.5 Å². The molecule has 0 aliphatic rings. The zero-order chi connectivity index (χ0) is 18.9. The number of aliphatic hydroxyl groups is 3. The molecular formula is C19H26N2O5. The smallest absolute Gasteiger partial charge is 0.180 e. The molecule has 2 rings (SSSR count). The number of hydrogen-bond acceptors (Lipinski definition) is 7. The summed E-state index contributed by atoms with van der Waals surface area (Å²) in [4.78, 5) is 4.05. The minimum Gasteiger partial charge on any atom is -0.489 e. The molecule has 142 valence electrons. The van der Waals surface area contributed by atoms with E-state index in [4.69, 9.17) is 9.47 Å². The molecule has 0 amide bonds. The highest BCUT2D eigenvalue weighted by Crippen LogP contribution is 2.20. The summed E-state index contributed by atoms with van der Waals surface area (Å²) < 4.78 is 11.4. The normalized spacial score (nSPS) is 13.5. The predicted molar refractivity (Wildman–Crippen MR) is 96.8 cm³/mol. The van der Waals surface area contributed by atoms with E-state index in [1.54, 1.807) is 6.92 Å². The topological polar surface area (TPSA) is 104 Å². The summed E-state index contributed by atoms with van der Waals surface area (Å²) in [5, 5.41) is 31.7. The average molecular weight is 362 g/mol. The van der Waals surface area contributed by atoms with Gasteiger partial charge in [-0.3, -0.25) is 10.3 Å². The van der Waals surface area contributed by atoms with Crippen LogP contribution >= 0.6 is 0 Å². The Kier molecular flexibility index (Phi) is 7.80. The third-order valence-corrected chi connectivity index (χ3v) is 3.76. The Bertz CT molecular complexity index is 666. The fourth-order valence-corrected chi connectivity index (χ4v) is 2.26. The summed E-state index contributed by atoms with van der Waals surface area (Å²) in [6.45, 7) is 4.07. The van der Waals surface area contributed by atoms with E-state index in [-0.39, 0.29) is 18.4 Å². The molecule has 2 unspecified atom stereocenters. The molecule has 1 aromatic carbocycles. The summed E-state index contributed by atoms with van der Waals surface area (Å²) in [6.07, 6.45) is -0.481. The van der Waals surface area contributed by atoms with Crippen LogP contribution in [0.2, 0.25) is 0 Å². The van der Waals surface area contributed by atoms with Gasteiger partial charge in [-0.15, -0.1) is 0 Å². The number of aryl methyl sites for hydroxylation is 1. The molecule has 7 nitrogen and oxygen atoms in total. The van der Waals surface area contributed by atoms with E-state index in [2.05, 4.69) is 10.3 Å². The Hall–Kier alpha value is -2.19. The van der Waals surface area contributed by atoms with Gasteiger partial charge in [0.25, 0.3) is 0 Å². The monoisotopic (exact) mass is 362 g/mol. The van der Waals surface area contributed by atoms with Crippen LogP contribution in [0.5, 0.6) is 11.5 Å². The van der Waals surface area contributed by atoms with E-state index in [1.807, 2.05) is 37.3 Å². The molecule has 4 N–H and O–H groups in total. The van der Waals surface area contributed by atoms with Gasteiger partial charge in [0.05, 0.1) is 5.69 Å². The second-order valence-electron chi connectivity index (χ2n) is 5.93. The standard InChI is InChI=1S/C19H26N2O5/c1-3-18(26-16-7-5-4-6-8-16)21-11-15(22)12-25-17-9-14(19(23)24)10-20-13(17)2/h4-10,15,18-19,21-24H,3,11-12H2,1-2H3. The van der Waals surface area contributed by atoms with Gasteiger partial charge >= 0.3 is 0 Å². The van der Waals surface area contributed by atoms with Crippen molar-refractivity contribution in [3.63, 3.8) is 0 Å². The zero-order valence-electron chi connectivity index (χ0n) is 15.0. The molecule has 0 saturated carbocycles. The Labute approximate surface area is 153 Å². The van der Waals surface area contributed by atoms with Crippen LogP contribution in [-0.4, -0.2) is 45.8 Å². The van der Waals surface area contributed by atoms with E-state index in [1.165, 1.54) is 12.3 Å². The predicted octanol–water partition coefficient (Wildman–Crippen LogP) is 1.52. The third-order valence-electron chi connectivity index (χ3n) is 3.76. The van der Waals surface area contributed by atoms with E-state index >= 15 is 0 Å². The van der Waals surface area contributed by atoms with Crippen molar-refractivity contribution in [2.75, 3.05) is 13.2 Å². The van der Waals surface area contributed by atoms with Gasteiger partial charge in [0.15, 0.2) is 6.29 Å². The zero-order valence-corrected chi connectivity index (χ0v) is 15.0. The maximum atomic E-state index is 10.1. The minimum absolute atomic E-state index is 0.0439. The Morgan fingerprint density at radius 2 is 1.88 bits per heavy atom. The van der Waals surface area contributed by atoms with Gasteiger partial charge in [-0.05, 0) is 31.5 Å². The van der Waals surface area contributed by atoms with E-state index in [9.17, 15) is 15.3 Å². The lowest BCUT2D eigenvalue weighted by molar-refractivity contribution is -0.0429. The Balaban J connectivity index is 1.81. The fourth-order valence-electron chi connectivity index (χ4n) is 2.26. The lowest BCUT2D eigenvalue weighted by atomic mass is 10.2. The Morgan fingerprint density at radius 1 is 1.15 bits per heavy atom. The van der Waals surface area contributed by atoms with Crippen molar-refractivity contribution < 1.29 is 24.8 Å². The molecule has 0 aliphatic heterocycles. The van der Waals surface area contributed by atoms with Crippen LogP contribution < -0.4 is 14.8 Å². The molecule has 0 saturated heterocycles. The largest absolute Gasteiger partial charge is 0.489 e. The summed E-state index contributed by atoms with van der Waals surface area (Å²) in [5.41, 5.74) is 0.842. The molecule has 0 bridgehead atoms. The van der Waals surface area contributed by atoms with Gasteiger partial charge in [0, 0.05) is 18.3 Å². The lowest BCUT2D eigenvalue weighted by Gasteiger charge is -2.21. The fraction of sp³-hybridized carbons (Fsp3) is 0.421. The molecule has 7 heteroatoms. The highest BCUT2D eigenvalue weighted by Gasteiger charge is 2.13. The van der Waals surface area contributed by atoms with Crippen molar-refractivity contribution in [2.24, 2.45) is 0 Å². The molecule has 0 fully saturated rings. The maximum Gasteiger partial charge on any atom is 0.180 e. The molecule has 1 heterocycles. The number of para-hydroxylation sites is 1. The molecule has 0 radical (unpaired) electrons. The summed E-state index contributed by atoms with van der Waals surface area (Å²) in [6, 6.07) is 11.0. The molecule has 2 aromatic rings. The third kappa shape index (κ3) is 6.27. The first-order valence-electron chi connectivity index (χ1n) is 8.58. The average Bonchev–Trinajstić information content (AvgIpc) is 2.65. The molecule has 0 aliphatic carbocycles. The second kappa shape index (κ2) is 10.1. The van der Waals surface area contributed by atoms with Gasteiger partial charge in [0.2, 0.25) is 0 Å². The van der Waals surface area contributed by atoms with Gasteiger partial charge in [-0.1, -0.05) is 25.1 Å². The van der Waals surface area contributed by atoms with Crippen LogP contribution in [0, 0.1) is 6.92 Å². The van der Waals surface area contributed by atoms with Gasteiger partial charge < -0.3 is 24.8 Å². The number of pyridine rings is 1. The Morgan fingerprint density at radius 3 is 2.54 bits per heavy atom. The lowest BCUT2D eigenvalue weighted by Crippen LogP contribution is -2.40. The number of ether oxygens (including phenoxy) is 2. The number of benzene rings is 1. The van der Waals surface area contributed by atoms with Crippen molar-refractivity contribution >= 4 is 0 Å². The van der Waals surface area contributed by atoms with Crippen molar-refractivity contribution in [1.29, 1.82) is 0 Å². The molecule has 2 atom stereocenters. The molecular weight excluding hydrogens is 336 g/mol. The van der Waals surface area contributed by atoms with Crippen LogP contribution in [0.25, 0.3) is 0 Å². The minimum atomic E-state index is -1.61. The van der Waals surface area contributed by atoms with Crippen molar-refractivity contribution in [2.45, 2.75) is 38.9 Å². The van der Waals surface area contributed by atoms with Gasteiger partial charge in [-0.2, -0.15) is 0 Å². The number of nitrogens with zero attached hydrogens (tertiary/aromatic N) is 1. The first kappa shape index (κ1) is 20.1. The van der Waals surface area contributed by atoms with E-state index in [0.717, 1.165) is 12.2 Å². The van der Waals surface area contributed by atoms with E-state index in [0.29, 0.717) is 18.0 Å². The van der Waals surface area contributed by atoms with Crippen LogP contribution in [0.1, 0.15) is 30.9 Å². The highest BCUT2D eigenvalue weighted by molar-refractivity contribution is 5.31. The molecule has 26 heavy (non-hydrogen) atoms. The highest BCUT2D eigenvalue weighted by atomic mass is 16.5. The summed E-state index contributed by atoms with van der Waals surface area (Å²) >= 11 is 0. The molecule has 0 spiro atoms. The van der Waals surface area contributed by atoms with Crippen LogP contribution in [0.4, 0.5) is 0 Å². The van der Waals surface area contributed by atoms with Gasteiger partial charge in [0.1, 0.15) is 30.4 Å². The molecule has 1 aromatic heterocycles. The van der Waals surface area contributed by atoms with E-state index < -0.39 is 12.4 Å². The summed E-state index contributed by atoms with van der Waals surface area (Å²) in [5.74, 6) is 1.17. The number of aliphatic hydroxyl groups excluding tert-OH is 2.